The third-order valence-electron chi connectivity index (χ3n) is 5.29. The molecule has 0 bridgehead atoms. The normalized spacial score (nSPS) is 16.5. The minimum absolute atomic E-state index is 0.00217. The molecule has 0 spiro atoms. The molecule has 11 heteroatoms. The van der Waals surface area contributed by atoms with E-state index < -0.39 is 17.3 Å². The zero-order valence-corrected chi connectivity index (χ0v) is 20.2. The van der Waals surface area contributed by atoms with Crippen LogP contribution in [-0.4, -0.2) is 77.3 Å². The summed E-state index contributed by atoms with van der Waals surface area (Å²) in [7, 11) is 1.44. The molecule has 2 aromatic rings. The van der Waals surface area contributed by atoms with Crippen molar-refractivity contribution in [2.45, 2.75) is 52.1 Å². The molecule has 0 radical (unpaired) electrons. The van der Waals surface area contributed by atoms with Crippen LogP contribution in [0.2, 0.25) is 0 Å². The number of alkyl halides is 3. The number of anilines is 1. The summed E-state index contributed by atoms with van der Waals surface area (Å²) in [5, 5.41) is 3.56. The maximum absolute atomic E-state index is 13.6. The lowest BCUT2D eigenvalue weighted by molar-refractivity contribution is -0.136. The van der Waals surface area contributed by atoms with Gasteiger partial charge in [-0.25, -0.2) is 14.8 Å². The summed E-state index contributed by atoms with van der Waals surface area (Å²) in [6.45, 7) is 10.5. The molecule has 1 unspecified atom stereocenters. The van der Waals surface area contributed by atoms with Crippen molar-refractivity contribution in [3.63, 3.8) is 0 Å². The zero-order valence-electron chi connectivity index (χ0n) is 20.2. The zero-order chi connectivity index (χ0) is 25.1. The minimum Gasteiger partial charge on any atom is -0.444 e. The second-order valence-corrected chi connectivity index (χ2v) is 9.43. The van der Waals surface area contributed by atoms with Crippen molar-refractivity contribution >= 4 is 22.8 Å². The maximum Gasteiger partial charge on any atom is 0.418 e. The SMILES string of the molecule is COCc1nc(NC(C)CN2CCN(C(=O)OC(C)(C)C)CC2)c2cccc(C(F)(F)F)c2n1. The molecule has 1 fully saturated rings. The molecule has 1 N–H and O–H groups in total. The Balaban J connectivity index is 1.70. The molecule has 3 rings (SSSR count). The van der Waals surface area contributed by atoms with Gasteiger partial charge in [0.1, 0.15) is 18.0 Å². The van der Waals surface area contributed by atoms with Crippen LogP contribution in [0.4, 0.5) is 23.8 Å². The van der Waals surface area contributed by atoms with Crippen LogP contribution in [0.25, 0.3) is 10.9 Å². The Morgan fingerprint density at radius 2 is 1.82 bits per heavy atom. The quantitative estimate of drug-likeness (QED) is 0.661. The van der Waals surface area contributed by atoms with Crippen LogP contribution in [-0.2, 0) is 22.3 Å². The molecular weight excluding hydrogens is 451 g/mol. The Labute approximate surface area is 197 Å². The number of benzene rings is 1. The molecule has 8 nitrogen and oxygen atoms in total. The third kappa shape index (κ3) is 6.69. The van der Waals surface area contributed by atoms with Crippen LogP contribution < -0.4 is 5.32 Å². The number of ether oxygens (including phenoxy) is 2. The number of aromatic nitrogens is 2. The second kappa shape index (κ2) is 10.3. The van der Waals surface area contributed by atoms with Crippen LogP contribution in [0.3, 0.4) is 0 Å². The van der Waals surface area contributed by atoms with E-state index in [4.69, 9.17) is 9.47 Å². The van der Waals surface area contributed by atoms with Gasteiger partial charge in [0, 0.05) is 51.3 Å². The number of fused-ring (bicyclic) bond motifs is 1. The largest absolute Gasteiger partial charge is 0.444 e. The number of para-hydroxylation sites is 1. The first-order valence-electron chi connectivity index (χ1n) is 11.2. The summed E-state index contributed by atoms with van der Waals surface area (Å²) < 4.78 is 51.2. The van der Waals surface area contributed by atoms with Gasteiger partial charge in [0.05, 0.1) is 11.1 Å². The Bertz CT molecular complexity index is 1000. The second-order valence-electron chi connectivity index (χ2n) is 9.43. The number of methoxy groups -OCH3 is 1. The van der Waals surface area contributed by atoms with Crippen LogP contribution in [0.15, 0.2) is 18.2 Å². The number of carbonyl (C=O) groups excluding carboxylic acids is 1. The van der Waals surface area contributed by atoms with Crippen molar-refractivity contribution < 1.29 is 27.4 Å². The van der Waals surface area contributed by atoms with Crippen molar-refractivity contribution in [2.24, 2.45) is 0 Å². The van der Waals surface area contributed by atoms with Crippen molar-refractivity contribution in [2.75, 3.05) is 45.2 Å². The topological polar surface area (TPSA) is 79.8 Å². The maximum atomic E-state index is 13.6. The molecule has 1 aromatic carbocycles. The molecule has 34 heavy (non-hydrogen) atoms. The summed E-state index contributed by atoms with van der Waals surface area (Å²) in [5.41, 5.74) is -1.50. The van der Waals surface area contributed by atoms with E-state index in [0.717, 1.165) is 6.07 Å². The van der Waals surface area contributed by atoms with Gasteiger partial charge in [-0.05, 0) is 39.8 Å². The molecule has 1 amide bonds. The first kappa shape index (κ1) is 26.0. The van der Waals surface area contributed by atoms with E-state index in [1.807, 2.05) is 27.7 Å². The van der Waals surface area contributed by atoms with Gasteiger partial charge in [-0.3, -0.25) is 4.90 Å². The monoisotopic (exact) mass is 483 g/mol. The molecule has 1 saturated heterocycles. The molecule has 1 aliphatic heterocycles. The summed E-state index contributed by atoms with van der Waals surface area (Å²) >= 11 is 0. The Kier molecular flexibility index (Phi) is 7.87. The number of carbonyl (C=O) groups is 1. The van der Waals surface area contributed by atoms with E-state index >= 15 is 0 Å². The van der Waals surface area contributed by atoms with Crippen molar-refractivity contribution in [1.29, 1.82) is 0 Å². The summed E-state index contributed by atoms with van der Waals surface area (Å²) in [5.74, 6) is 0.510. The lowest BCUT2D eigenvalue weighted by Crippen LogP contribution is -2.51. The first-order valence-corrected chi connectivity index (χ1v) is 11.2. The highest BCUT2D eigenvalue weighted by atomic mass is 19.4. The number of hydrogen-bond acceptors (Lipinski definition) is 7. The predicted octanol–water partition coefficient (Wildman–Crippen LogP) is 4.15. The number of hydrogen-bond donors (Lipinski definition) is 1. The number of nitrogens with one attached hydrogen (secondary N) is 1. The predicted molar refractivity (Wildman–Crippen MR) is 123 cm³/mol. The Morgan fingerprint density at radius 3 is 2.41 bits per heavy atom. The third-order valence-corrected chi connectivity index (χ3v) is 5.29. The fraction of sp³-hybridized carbons (Fsp3) is 0.609. The summed E-state index contributed by atoms with van der Waals surface area (Å²) in [4.78, 5) is 24.7. The van der Waals surface area contributed by atoms with Crippen LogP contribution in [0, 0.1) is 0 Å². The highest BCUT2D eigenvalue weighted by Gasteiger charge is 2.34. The van der Waals surface area contributed by atoms with Gasteiger partial charge in [-0.1, -0.05) is 6.07 Å². The summed E-state index contributed by atoms with van der Waals surface area (Å²) in [6, 6.07) is 3.84. The van der Waals surface area contributed by atoms with Gasteiger partial charge < -0.3 is 19.7 Å². The van der Waals surface area contributed by atoms with E-state index in [2.05, 4.69) is 20.2 Å². The fourth-order valence-corrected chi connectivity index (χ4v) is 3.84. The van der Waals surface area contributed by atoms with E-state index in [1.54, 1.807) is 11.0 Å². The average molecular weight is 484 g/mol. The Hall–Kier alpha value is -2.66. The molecule has 2 heterocycles. The van der Waals surface area contributed by atoms with E-state index in [1.165, 1.54) is 13.2 Å². The lowest BCUT2D eigenvalue weighted by atomic mass is 10.1. The number of amides is 1. The molecule has 1 aliphatic rings. The van der Waals surface area contributed by atoms with E-state index in [-0.39, 0.29) is 30.1 Å². The smallest absolute Gasteiger partial charge is 0.418 e. The standard InChI is InChI=1S/C23H32F3N5O3/c1-15(13-30-9-11-31(12-10-30)21(32)34-22(2,3)4)27-20-16-7-6-8-17(23(24,25)26)19(16)28-18(29-20)14-33-5/h6-8,15H,9-14H2,1-5H3,(H,27,28,29). The van der Waals surface area contributed by atoms with Gasteiger partial charge in [0.25, 0.3) is 0 Å². The molecule has 1 atom stereocenters. The average Bonchev–Trinajstić information content (AvgIpc) is 2.72. The van der Waals surface area contributed by atoms with Gasteiger partial charge >= 0.3 is 12.3 Å². The Morgan fingerprint density at radius 1 is 1.15 bits per heavy atom. The summed E-state index contributed by atoms with van der Waals surface area (Å²) in [6.07, 6.45) is -4.86. The van der Waals surface area contributed by atoms with Crippen molar-refractivity contribution in [1.82, 2.24) is 19.8 Å². The lowest BCUT2D eigenvalue weighted by Gasteiger charge is -2.36. The highest BCUT2D eigenvalue weighted by molar-refractivity contribution is 5.91. The number of halogens is 3. The number of nitrogens with zero attached hydrogens (tertiary/aromatic N) is 4. The van der Waals surface area contributed by atoms with Gasteiger partial charge in [0.2, 0.25) is 0 Å². The van der Waals surface area contributed by atoms with Crippen LogP contribution in [0.1, 0.15) is 39.1 Å². The van der Waals surface area contributed by atoms with Gasteiger partial charge in [-0.15, -0.1) is 0 Å². The highest BCUT2D eigenvalue weighted by Crippen LogP contribution is 2.35. The molecular formula is C23H32F3N5O3. The minimum atomic E-state index is -4.53. The van der Waals surface area contributed by atoms with Crippen molar-refractivity contribution in [3.05, 3.63) is 29.6 Å². The molecule has 188 valence electrons. The number of piperazine rings is 1. The molecule has 0 aliphatic carbocycles. The van der Waals surface area contributed by atoms with Gasteiger partial charge in [-0.2, -0.15) is 13.2 Å². The first-order chi connectivity index (χ1) is 15.9. The molecule has 1 aromatic heterocycles. The van der Waals surface area contributed by atoms with Crippen LogP contribution in [0.5, 0.6) is 0 Å². The van der Waals surface area contributed by atoms with E-state index in [9.17, 15) is 18.0 Å². The molecule has 0 saturated carbocycles. The van der Waals surface area contributed by atoms with Crippen molar-refractivity contribution in [3.8, 4) is 0 Å². The van der Waals surface area contributed by atoms with E-state index in [0.29, 0.717) is 43.9 Å². The fourth-order valence-electron chi connectivity index (χ4n) is 3.84. The number of rotatable bonds is 6. The van der Waals surface area contributed by atoms with Gasteiger partial charge in [0.15, 0.2) is 5.82 Å². The van der Waals surface area contributed by atoms with Crippen LogP contribution >= 0.6 is 0 Å².